The summed E-state index contributed by atoms with van der Waals surface area (Å²) in [6.45, 7) is 7.35. The third-order valence-corrected chi connectivity index (χ3v) is 21.9. The number of hydrogen-bond acceptors (Lipinski definition) is 15. The van der Waals surface area contributed by atoms with Crippen LogP contribution in [0.1, 0.15) is 439 Å². The number of ether oxygens (including phenoxy) is 4. The van der Waals surface area contributed by atoms with Crippen molar-refractivity contribution in [2.45, 2.75) is 457 Å². The van der Waals surface area contributed by atoms with E-state index in [0.717, 1.165) is 109 Å². The van der Waals surface area contributed by atoms with Crippen molar-refractivity contribution < 1.29 is 80.2 Å². The van der Waals surface area contributed by atoms with E-state index < -0.39 is 97.5 Å². The minimum atomic E-state index is -4.97. The molecule has 0 aromatic heterocycles. The summed E-state index contributed by atoms with van der Waals surface area (Å²) in [5.41, 5.74) is 0. The number of rotatable bonds is 84. The molecule has 6 atom stereocenters. The van der Waals surface area contributed by atoms with Crippen LogP contribution in [0.2, 0.25) is 0 Å². The smallest absolute Gasteiger partial charge is 0.462 e. The molecule has 0 aliphatic rings. The topological polar surface area (TPSA) is 237 Å². The van der Waals surface area contributed by atoms with Gasteiger partial charge in [-0.05, 0) is 57.3 Å². The third kappa shape index (κ3) is 78.0. The molecule has 0 aromatic rings. The second-order valence-corrected chi connectivity index (χ2v) is 33.4. The minimum Gasteiger partial charge on any atom is -0.462 e. The van der Waals surface area contributed by atoms with Crippen LogP contribution in [0.4, 0.5) is 0 Å². The Morgan fingerprint density at radius 1 is 0.305 bits per heavy atom. The van der Waals surface area contributed by atoms with Gasteiger partial charge in [-0.2, -0.15) is 0 Å². The number of phosphoric acid groups is 2. The first kappa shape index (κ1) is 103. The molecule has 0 aliphatic carbocycles. The number of phosphoric ester groups is 2. The fourth-order valence-electron chi connectivity index (χ4n) is 12.9. The molecule has 0 fully saturated rings. The number of allylic oxidation sites excluding steroid dienone is 4. The summed E-state index contributed by atoms with van der Waals surface area (Å²) >= 11 is 0. The number of esters is 4. The zero-order valence-corrected chi connectivity index (χ0v) is 70.1. The Bertz CT molecular complexity index is 2090. The summed E-state index contributed by atoms with van der Waals surface area (Å²) in [6.07, 6.45) is 74.2. The van der Waals surface area contributed by atoms with E-state index in [1.54, 1.807) is 0 Å². The number of aliphatic hydroxyl groups is 1. The van der Waals surface area contributed by atoms with Crippen LogP contribution in [0.3, 0.4) is 0 Å². The minimum absolute atomic E-state index is 0.0858. The summed E-state index contributed by atoms with van der Waals surface area (Å²) in [6, 6.07) is 0. The molecule has 0 heterocycles. The molecule has 0 saturated carbocycles. The molecule has 0 spiro atoms. The molecule has 0 bridgehead atoms. The third-order valence-electron chi connectivity index (χ3n) is 20.0. The van der Waals surface area contributed by atoms with E-state index in [-0.39, 0.29) is 25.7 Å². The molecule has 3 unspecified atom stereocenters. The average molecular weight is 1530 g/mol. The van der Waals surface area contributed by atoms with Crippen LogP contribution in [0.25, 0.3) is 0 Å². The maximum Gasteiger partial charge on any atom is 0.472 e. The van der Waals surface area contributed by atoms with Crippen LogP contribution >= 0.6 is 15.6 Å². The first-order valence-corrected chi connectivity index (χ1v) is 47.0. The van der Waals surface area contributed by atoms with Crippen molar-refractivity contribution in [2.24, 2.45) is 5.92 Å². The molecule has 0 aromatic carbocycles. The van der Waals surface area contributed by atoms with Gasteiger partial charge in [-0.15, -0.1) is 0 Å². The predicted molar refractivity (Wildman–Crippen MR) is 432 cm³/mol. The van der Waals surface area contributed by atoms with E-state index in [2.05, 4.69) is 58.9 Å². The molecule has 0 aliphatic heterocycles. The standard InChI is InChI=1S/C86H164O17P2/c1-6-10-13-16-19-22-25-28-30-31-32-33-34-36-42-47-52-57-62-67-72-86(91)103-82(76-97-84(89)70-65-60-55-50-45-40-38-37-39-43-48-53-58-63-68-79(5)9-4)78-101-105(94,95)99-74-80(87)73-98-104(92,93)100-77-81(75-96-83(88)69-64-59-54-49-44-27-24-21-18-15-12-8-3)102-85(90)71-66-61-56-51-46-41-35-29-26-23-20-17-14-11-7-2/h23,26,29,35,79-82,87H,6-22,24-25,27-28,30-34,36-78H2,1-5H3,(H,92,93)(H,94,95)/b26-23-,35-29-/t79?,80-,81+,82+/m0/s1. The Kier molecular flexibility index (Phi) is 76.4. The molecule has 19 heteroatoms. The molecule has 0 radical (unpaired) electrons. The van der Waals surface area contributed by atoms with Gasteiger partial charge in [0.25, 0.3) is 0 Å². The zero-order chi connectivity index (χ0) is 76.9. The maximum atomic E-state index is 13.1. The van der Waals surface area contributed by atoms with Crippen molar-refractivity contribution in [2.75, 3.05) is 39.6 Å². The molecular formula is C86H164O17P2. The molecule has 0 amide bonds. The zero-order valence-electron chi connectivity index (χ0n) is 68.4. The Labute approximate surface area is 643 Å². The van der Waals surface area contributed by atoms with Crippen LogP contribution in [-0.4, -0.2) is 96.7 Å². The van der Waals surface area contributed by atoms with E-state index in [9.17, 15) is 43.2 Å². The number of carbonyl (C=O) groups excluding carboxylic acids is 4. The van der Waals surface area contributed by atoms with Crippen LogP contribution in [0, 0.1) is 5.92 Å². The lowest BCUT2D eigenvalue weighted by molar-refractivity contribution is -0.161. The second-order valence-electron chi connectivity index (χ2n) is 30.5. The normalized spacial score (nSPS) is 14.2. The van der Waals surface area contributed by atoms with Gasteiger partial charge in [0.15, 0.2) is 12.2 Å². The number of hydrogen-bond donors (Lipinski definition) is 3. The molecule has 620 valence electrons. The van der Waals surface area contributed by atoms with Gasteiger partial charge in [0.05, 0.1) is 26.4 Å². The van der Waals surface area contributed by atoms with Crippen LogP contribution in [0.5, 0.6) is 0 Å². The van der Waals surface area contributed by atoms with Gasteiger partial charge in [0, 0.05) is 25.7 Å². The van der Waals surface area contributed by atoms with Crippen molar-refractivity contribution in [1.82, 2.24) is 0 Å². The summed E-state index contributed by atoms with van der Waals surface area (Å²) in [7, 11) is -9.94. The molecular weight excluding hydrogens is 1370 g/mol. The van der Waals surface area contributed by atoms with Gasteiger partial charge in [-0.25, -0.2) is 9.13 Å². The van der Waals surface area contributed by atoms with Crippen molar-refractivity contribution in [3.8, 4) is 0 Å². The first-order valence-electron chi connectivity index (χ1n) is 44.0. The lowest BCUT2D eigenvalue weighted by atomic mass is 9.99. The van der Waals surface area contributed by atoms with E-state index >= 15 is 0 Å². The highest BCUT2D eigenvalue weighted by molar-refractivity contribution is 7.47. The molecule has 17 nitrogen and oxygen atoms in total. The van der Waals surface area contributed by atoms with Gasteiger partial charge in [-0.3, -0.25) is 37.3 Å². The van der Waals surface area contributed by atoms with E-state index in [0.29, 0.717) is 25.7 Å². The fourth-order valence-corrected chi connectivity index (χ4v) is 14.5. The van der Waals surface area contributed by atoms with Crippen molar-refractivity contribution in [1.29, 1.82) is 0 Å². The highest BCUT2D eigenvalue weighted by Crippen LogP contribution is 2.45. The summed E-state index contributed by atoms with van der Waals surface area (Å²) < 4.78 is 68.9. The van der Waals surface area contributed by atoms with Gasteiger partial charge in [0.2, 0.25) is 0 Å². The summed E-state index contributed by atoms with van der Waals surface area (Å²) in [5, 5.41) is 10.7. The van der Waals surface area contributed by atoms with Gasteiger partial charge < -0.3 is 33.8 Å². The maximum absolute atomic E-state index is 13.1. The van der Waals surface area contributed by atoms with E-state index in [4.69, 9.17) is 37.0 Å². The molecule has 105 heavy (non-hydrogen) atoms. The van der Waals surface area contributed by atoms with Gasteiger partial charge >= 0.3 is 39.5 Å². The fraction of sp³-hybridized carbons (Fsp3) is 0.907. The SMILES string of the molecule is CCCCCC/C=C\C=C/CCCCCCCC(=O)O[C@H](COC(=O)CCCCCCCCCCCCCC)COP(=O)(O)OC[C@H](O)COP(=O)(O)OC[C@@H](COC(=O)CCCCCCCCCCCCCCCCC(C)CC)OC(=O)CCCCCCCCCCCCCCCCCCCCCC. The lowest BCUT2D eigenvalue weighted by Gasteiger charge is -2.21. The quantitative estimate of drug-likeness (QED) is 0.0169. The first-order chi connectivity index (χ1) is 51.1. The van der Waals surface area contributed by atoms with E-state index in [1.165, 1.54) is 250 Å². The van der Waals surface area contributed by atoms with Crippen molar-refractivity contribution >= 4 is 39.5 Å². The largest absolute Gasteiger partial charge is 0.472 e. The van der Waals surface area contributed by atoms with E-state index in [1.807, 2.05) is 0 Å². The Balaban J connectivity index is 5.28. The number of unbranched alkanes of at least 4 members (excludes halogenated alkanes) is 52. The summed E-state index contributed by atoms with van der Waals surface area (Å²) in [4.78, 5) is 73.2. The van der Waals surface area contributed by atoms with Gasteiger partial charge in [0.1, 0.15) is 19.3 Å². The average Bonchev–Trinajstić information content (AvgIpc) is 0.920. The number of aliphatic hydroxyl groups excluding tert-OH is 1. The lowest BCUT2D eigenvalue weighted by Crippen LogP contribution is -2.30. The number of carbonyl (C=O) groups is 4. The van der Waals surface area contributed by atoms with Gasteiger partial charge in [-0.1, -0.05) is 386 Å². The van der Waals surface area contributed by atoms with Crippen molar-refractivity contribution in [3.05, 3.63) is 24.3 Å². The highest BCUT2D eigenvalue weighted by Gasteiger charge is 2.30. The van der Waals surface area contributed by atoms with Crippen LogP contribution in [0.15, 0.2) is 24.3 Å². The second kappa shape index (κ2) is 78.2. The Hall–Kier alpha value is -2.46. The molecule has 3 N–H and O–H groups in total. The van der Waals surface area contributed by atoms with Crippen molar-refractivity contribution in [3.63, 3.8) is 0 Å². The predicted octanol–water partition coefficient (Wildman–Crippen LogP) is 25.9. The van der Waals surface area contributed by atoms with Crippen LogP contribution in [-0.2, 0) is 65.4 Å². The Morgan fingerprint density at radius 2 is 0.533 bits per heavy atom. The van der Waals surface area contributed by atoms with Crippen LogP contribution < -0.4 is 0 Å². The molecule has 0 rings (SSSR count). The Morgan fingerprint density at radius 3 is 0.810 bits per heavy atom. The summed E-state index contributed by atoms with van der Waals surface area (Å²) in [5.74, 6) is -1.28. The monoisotopic (exact) mass is 1530 g/mol. The molecule has 0 saturated heterocycles. The highest BCUT2D eigenvalue weighted by atomic mass is 31.2.